The number of nitrogens with one attached hydrogen (secondary N) is 1. The molecule has 14 heavy (non-hydrogen) atoms. The van der Waals surface area contributed by atoms with E-state index in [0.717, 1.165) is 10.9 Å². The maximum Gasteiger partial charge on any atom is 0.239 e. The Morgan fingerprint density at radius 2 is 2.43 bits per heavy atom. The van der Waals surface area contributed by atoms with Crippen LogP contribution in [-0.2, 0) is 4.79 Å². The maximum atomic E-state index is 11.4. The molecule has 0 bridgehead atoms. The molecule has 3 nitrogen and oxygen atoms in total. The third-order valence-corrected chi connectivity index (χ3v) is 3.17. The molecule has 1 aromatic rings. The van der Waals surface area contributed by atoms with Crippen molar-refractivity contribution in [2.45, 2.75) is 18.2 Å². The van der Waals surface area contributed by atoms with Crippen LogP contribution in [0.3, 0.4) is 0 Å². The number of halogens is 2. The first-order valence-corrected chi connectivity index (χ1v) is 5.91. The summed E-state index contributed by atoms with van der Waals surface area (Å²) in [7, 11) is 0. The number of nitrogens with zero attached hydrogens (tertiary/aromatic N) is 1. The molecule has 1 atom stereocenters. The fourth-order valence-electron chi connectivity index (χ4n) is 0.863. The number of carbonyl (C=O) groups is 1. The molecule has 0 radical (unpaired) electrons. The van der Waals surface area contributed by atoms with Crippen molar-refractivity contribution in [3.05, 3.63) is 22.8 Å². The van der Waals surface area contributed by atoms with Gasteiger partial charge in [-0.25, -0.2) is 4.98 Å². The second-order valence-electron chi connectivity index (χ2n) is 2.72. The number of anilines is 1. The molecule has 0 saturated carbocycles. The van der Waals surface area contributed by atoms with E-state index in [4.69, 9.17) is 0 Å². The molecule has 0 aliphatic rings. The zero-order valence-electron chi connectivity index (χ0n) is 7.63. The molecular weight excluding hydrogens is 312 g/mol. The Morgan fingerprint density at radius 1 is 1.71 bits per heavy atom. The number of pyridine rings is 1. The summed E-state index contributed by atoms with van der Waals surface area (Å²) >= 11 is 6.57. The van der Waals surface area contributed by atoms with E-state index in [-0.39, 0.29) is 10.7 Å². The van der Waals surface area contributed by atoms with E-state index >= 15 is 0 Å². The molecular formula is C9H10Br2N2O. The van der Waals surface area contributed by atoms with Crippen molar-refractivity contribution < 1.29 is 4.79 Å². The predicted octanol–water partition coefficient (Wildman–Crippen LogP) is 2.96. The van der Waals surface area contributed by atoms with Crippen LogP contribution >= 0.6 is 31.9 Å². The maximum absolute atomic E-state index is 11.4. The highest BCUT2D eigenvalue weighted by atomic mass is 79.9. The monoisotopic (exact) mass is 320 g/mol. The lowest BCUT2D eigenvalue weighted by atomic mass is 10.3. The third-order valence-electron chi connectivity index (χ3n) is 1.62. The van der Waals surface area contributed by atoms with E-state index in [0.29, 0.717) is 5.82 Å². The molecule has 0 saturated heterocycles. The van der Waals surface area contributed by atoms with Gasteiger partial charge in [-0.15, -0.1) is 0 Å². The number of aromatic nitrogens is 1. The number of alkyl halides is 1. The molecule has 5 heteroatoms. The Kier molecular flexibility index (Phi) is 4.54. The minimum Gasteiger partial charge on any atom is -0.310 e. The largest absolute Gasteiger partial charge is 0.310 e. The van der Waals surface area contributed by atoms with Crippen molar-refractivity contribution in [3.63, 3.8) is 0 Å². The van der Waals surface area contributed by atoms with E-state index in [1.54, 1.807) is 18.3 Å². The summed E-state index contributed by atoms with van der Waals surface area (Å²) in [4.78, 5) is 15.3. The van der Waals surface area contributed by atoms with E-state index in [1.807, 2.05) is 6.92 Å². The highest BCUT2D eigenvalue weighted by Crippen LogP contribution is 2.14. The lowest BCUT2D eigenvalue weighted by Crippen LogP contribution is -2.22. The molecule has 0 aliphatic carbocycles. The minimum atomic E-state index is -0.164. The van der Waals surface area contributed by atoms with Crippen LogP contribution in [0.4, 0.5) is 5.82 Å². The lowest BCUT2D eigenvalue weighted by Gasteiger charge is -2.07. The first-order valence-electron chi connectivity index (χ1n) is 4.20. The molecule has 0 spiro atoms. The van der Waals surface area contributed by atoms with Crippen molar-refractivity contribution in [3.8, 4) is 0 Å². The molecule has 1 heterocycles. The summed E-state index contributed by atoms with van der Waals surface area (Å²) in [5.74, 6) is 0.486. The van der Waals surface area contributed by atoms with Gasteiger partial charge in [0.05, 0.1) is 4.83 Å². The van der Waals surface area contributed by atoms with Crippen LogP contribution in [0, 0.1) is 0 Å². The van der Waals surface area contributed by atoms with Crippen LogP contribution < -0.4 is 5.32 Å². The summed E-state index contributed by atoms with van der Waals surface area (Å²) in [6, 6.07) is 3.56. The van der Waals surface area contributed by atoms with Crippen LogP contribution in [0.25, 0.3) is 0 Å². The molecule has 0 aliphatic heterocycles. The zero-order chi connectivity index (χ0) is 10.6. The van der Waals surface area contributed by atoms with E-state index < -0.39 is 0 Å². The van der Waals surface area contributed by atoms with Crippen LogP contribution in [0.5, 0.6) is 0 Å². The standard InChI is InChI=1S/C9H10Br2N2O/c1-2-7(11)9(14)13-8-5-6(10)3-4-12-8/h3-5,7H,2H2,1H3,(H,12,13,14). The molecule has 1 N–H and O–H groups in total. The fraction of sp³-hybridized carbons (Fsp3) is 0.333. The topological polar surface area (TPSA) is 42.0 Å². The smallest absolute Gasteiger partial charge is 0.239 e. The first-order chi connectivity index (χ1) is 6.63. The molecule has 1 amide bonds. The second-order valence-corrected chi connectivity index (χ2v) is 4.75. The van der Waals surface area contributed by atoms with Crippen LogP contribution in [0.2, 0.25) is 0 Å². The molecule has 0 aromatic carbocycles. The molecule has 1 aromatic heterocycles. The quantitative estimate of drug-likeness (QED) is 0.870. The van der Waals surface area contributed by atoms with Gasteiger partial charge in [-0.1, -0.05) is 38.8 Å². The summed E-state index contributed by atoms with van der Waals surface area (Å²) in [5, 5.41) is 2.71. The summed E-state index contributed by atoms with van der Waals surface area (Å²) in [6.45, 7) is 1.94. The Morgan fingerprint density at radius 3 is 3.00 bits per heavy atom. The van der Waals surface area contributed by atoms with Gasteiger partial charge in [-0.3, -0.25) is 4.79 Å². The van der Waals surface area contributed by atoms with Gasteiger partial charge in [0.1, 0.15) is 5.82 Å². The van der Waals surface area contributed by atoms with Gasteiger partial charge in [0.25, 0.3) is 0 Å². The summed E-state index contributed by atoms with van der Waals surface area (Å²) < 4.78 is 0.894. The van der Waals surface area contributed by atoms with Crippen molar-refractivity contribution >= 4 is 43.6 Å². The van der Waals surface area contributed by atoms with E-state index in [9.17, 15) is 4.79 Å². The third kappa shape index (κ3) is 3.38. The van der Waals surface area contributed by atoms with E-state index in [2.05, 4.69) is 42.2 Å². The second kappa shape index (κ2) is 5.46. The number of amides is 1. The average molecular weight is 322 g/mol. The van der Waals surface area contributed by atoms with Gasteiger partial charge in [0.2, 0.25) is 5.91 Å². The summed E-state index contributed by atoms with van der Waals surface area (Å²) in [6.07, 6.45) is 2.38. The number of rotatable bonds is 3. The first kappa shape index (κ1) is 11.7. The van der Waals surface area contributed by atoms with Crippen molar-refractivity contribution in [2.75, 3.05) is 5.32 Å². The zero-order valence-corrected chi connectivity index (χ0v) is 10.8. The Bertz CT molecular complexity index is 330. The van der Waals surface area contributed by atoms with Crippen molar-refractivity contribution in [1.82, 2.24) is 4.98 Å². The Balaban J connectivity index is 2.65. The van der Waals surface area contributed by atoms with Crippen LogP contribution in [0.15, 0.2) is 22.8 Å². The average Bonchev–Trinajstić information content (AvgIpc) is 2.16. The van der Waals surface area contributed by atoms with Gasteiger partial charge in [0, 0.05) is 10.7 Å². The molecule has 1 rings (SSSR count). The Hall–Kier alpha value is -0.420. The van der Waals surface area contributed by atoms with Crippen molar-refractivity contribution in [2.24, 2.45) is 0 Å². The molecule has 76 valence electrons. The van der Waals surface area contributed by atoms with E-state index in [1.165, 1.54) is 0 Å². The molecule has 1 unspecified atom stereocenters. The van der Waals surface area contributed by atoms with Gasteiger partial charge in [-0.05, 0) is 18.6 Å². The lowest BCUT2D eigenvalue weighted by molar-refractivity contribution is -0.115. The van der Waals surface area contributed by atoms with Gasteiger partial charge in [-0.2, -0.15) is 0 Å². The van der Waals surface area contributed by atoms with Gasteiger partial charge >= 0.3 is 0 Å². The normalized spacial score (nSPS) is 12.2. The number of hydrogen-bond acceptors (Lipinski definition) is 2. The van der Waals surface area contributed by atoms with Crippen LogP contribution in [-0.4, -0.2) is 15.7 Å². The number of hydrogen-bond donors (Lipinski definition) is 1. The molecule has 0 fully saturated rings. The van der Waals surface area contributed by atoms with Crippen LogP contribution in [0.1, 0.15) is 13.3 Å². The fourth-order valence-corrected chi connectivity index (χ4v) is 1.31. The minimum absolute atomic E-state index is 0.0712. The van der Waals surface area contributed by atoms with Crippen molar-refractivity contribution in [1.29, 1.82) is 0 Å². The SMILES string of the molecule is CCC(Br)C(=O)Nc1cc(Br)ccn1. The van der Waals surface area contributed by atoms with Gasteiger partial charge in [0.15, 0.2) is 0 Å². The number of carbonyl (C=O) groups excluding carboxylic acids is 1. The highest BCUT2D eigenvalue weighted by molar-refractivity contribution is 9.10. The predicted molar refractivity (Wildman–Crippen MR) is 63.6 cm³/mol. The Labute approximate surface area is 99.6 Å². The highest BCUT2D eigenvalue weighted by Gasteiger charge is 2.12. The van der Waals surface area contributed by atoms with Gasteiger partial charge < -0.3 is 5.32 Å². The summed E-state index contributed by atoms with van der Waals surface area (Å²) in [5.41, 5.74) is 0.